The van der Waals surface area contributed by atoms with E-state index in [0.717, 1.165) is 0 Å². The maximum Gasteiger partial charge on any atom is 0.269 e. The fraction of sp³-hybridized carbons (Fsp3) is 0.111. The zero-order valence-corrected chi connectivity index (χ0v) is 13.9. The molecule has 126 valence electrons. The summed E-state index contributed by atoms with van der Waals surface area (Å²) in [5, 5.41) is 11.3. The van der Waals surface area contributed by atoms with Gasteiger partial charge in [0, 0.05) is 23.7 Å². The van der Waals surface area contributed by atoms with Gasteiger partial charge in [-0.3, -0.25) is 19.9 Å². The van der Waals surface area contributed by atoms with E-state index in [1.165, 1.54) is 12.1 Å². The Bertz CT molecular complexity index is 891. The first-order chi connectivity index (χ1) is 12.0. The summed E-state index contributed by atoms with van der Waals surface area (Å²) in [6.07, 6.45) is 1.72. The molecule has 2 aromatic carbocycles. The topological polar surface area (TPSA) is 75.8 Å². The highest BCUT2D eigenvalue weighted by molar-refractivity contribution is 6.31. The van der Waals surface area contributed by atoms with Gasteiger partial charge in [0.1, 0.15) is 0 Å². The monoisotopic (exact) mass is 355 g/mol. The van der Waals surface area contributed by atoms with Gasteiger partial charge in [0.2, 0.25) is 5.91 Å². The zero-order chi connectivity index (χ0) is 18.0. The highest BCUT2D eigenvalue weighted by Crippen LogP contribution is 2.35. The Morgan fingerprint density at radius 3 is 2.64 bits per heavy atom. The lowest BCUT2D eigenvalue weighted by molar-refractivity contribution is -0.384. The number of nitro benzene ring substituents is 1. The molecule has 0 bridgehead atoms. The van der Waals surface area contributed by atoms with Crippen LogP contribution in [0.25, 0.3) is 0 Å². The predicted molar refractivity (Wildman–Crippen MR) is 97.9 cm³/mol. The van der Waals surface area contributed by atoms with Crippen LogP contribution in [0.2, 0.25) is 5.02 Å². The van der Waals surface area contributed by atoms with E-state index in [1.807, 2.05) is 0 Å². The van der Waals surface area contributed by atoms with Crippen molar-refractivity contribution in [2.24, 2.45) is 4.99 Å². The molecule has 0 N–H and O–H groups in total. The predicted octanol–water partition coefficient (Wildman–Crippen LogP) is 4.29. The number of nitrogens with zero attached hydrogens (tertiary/aromatic N) is 3. The lowest BCUT2D eigenvalue weighted by atomic mass is 10.1. The molecular formula is C18H14ClN3O3. The molecule has 25 heavy (non-hydrogen) atoms. The van der Waals surface area contributed by atoms with Crippen molar-refractivity contribution >= 4 is 40.3 Å². The Hall–Kier alpha value is -2.99. The first-order valence-corrected chi connectivity index (χ1v) is 7.90. The summed E-state index contributed by atoms with van der Waals surface area (Å²) in [4.78, 5) is 29.2. The number of halogens is 1. The molecule has 1 aliphatic rings. The van der Waals surface area contributed by atoms with Gasteiger partial charge in [0.25, 0.3) is 5.69 Å². The molecule has 6 nitrogen and oxygen atoms in total. The molecule has 0 unspecified atom stereocenters. The lowest BCUT2D eigenvalue weighted by Gasteiger charge is -2.20. The van der Waals surface area contributed by atoms with Crippen molar-refractivity contribution in [2.75, 3.05) is 11.4 Å². The van der Waals surface area contributed by atoms with Crippen molar-refractivity contribution < 1.29 is 9.72 Å². The van der Waals surface area contributed by atoms with Gasteiger partial charge in [-0.15, -0.1) is 6.58 Å². The summed E-state index contributed by atoms with van der Waals surface area (Å²) in [5.74, 6) is -0.141. The van der Waals surface area contributed by atoms with E-state index >= 15 is 0 Å². The number of amides is 1. The van der Waals surface area contributed by atoms with Gasteiger partial charge in [0.05, 0.1) is 28.4 Å². The Balaban J connectivity index is 2.07. The number of benzene rings is 2. The molecule has 0 saturated carbocycles. The molecule has 2 aromatic rings. The van der Waals surface area contributed by atoms with Crippen molar-refractivity contribution in [1.29, 1.82) is 0 Å². The summed E-state index contributed by atoms with van der Waals surface area (Å²) in [6.45, 7) is 4.03. The lowest BCUT2D eigenvalue weighted by Crippen LogP contribution is -2.31. The largest absolute Gasteiger partial charge is 0.306 e. The minimum atomic E-state index is -0.465. The summed E-state index contributed by atoms with van der Waals surface area (Å²) < 4.78 is 0. The summed E-state index contributed by atoms with van der Waals surface area (Å²) in [6, 6.07) is 11.2. The Labute approximate surface area is 149 Å². The molecule has 3 rings (SSSR count). The first-order valence-electron chi connectivity index (χ1n) is 7.53. The quantitative estimate of drug-likeness (QED) is 0.466. The standard InChI is InChI=1S/C18H14ClN3O3/c1-2-9-21-17-10-13(19)5-8-15(17)20-16(11-18(21)23)12-3-6-14(7-4-12)22(24)25/h2-8,10H,1,9,11H2. The van der Waals surface area contributed by atoms with Crippen LogP contribution in [0, 0.1) is 10.1 Å². The van der Waals surface area contributed by atoms with E-state index in [2.05, 4.69) is 11.6 Å². The first kappa shape index (κ1) is 16.9. The normalized spacial score (nSPS) is 13.7. The molecule has 7 heteroatoms. The van der Waals surface area contributed by atoms with Crippen molar-refractivity contribution in [3.8, 4) is 0 Å². The third kappa shape index (κ3) is 3.44. The van der Waals surface area contributed by atoms with Crippen LogP contribution in [0.1, 0.15) is 12.0 Å². The SMILES string of the molecule is C=CCN1C(=O)CC(c2ccc([N+](=O)[O-])cc2)=Nc2ccc(Cl)cc21. The second-order valence-electron chi connectivity index (χ2n) is 5.47. The fourth-order valence-corrected chi connectivity index (χ4v) is 2.80. The van der Waals surface area contributed by atoms with Gasteiger partial charge in [-0.2, -0.15) is 0 Å². The molecular weight excluding hydrogens is 342 g/mol. The van der Waals surface area contributed by atoms with Crippen molar-refractivity contribution in [3.63, 3.8) is 0 Å². The number of aliphatic imine (C=N–C) groups is 1. The second-order valence-corrected chi connectivity index (χ2v) is 5.90. The maximum absolute atomic E-state index is 12.7. The van der Waals surface area contributed by atoms with E-state index in [4.69, 9.17) is 11.6 Å². The number of anilines is 1. The number of hydrogen-bond acceptors (Lipinski definition) is 4. The van der Waals surface area contributed by atoms with E-state index in [9.17, 15) is 14.9 Å². The van der Waals surface area contributed by atoms with Crippen LogP contribution in [0.3, 0.4) is 0 Å². The number of hydrogen-bond donors (Lipinski definition) is 0. The van der Waals surface area contributed by atoms with Gasteiger partial charge in [-0.1, -0.05) is 17.7 Å². The van der Waals surface area contributed by atoms with Crippen molar-refractivity contribution in [2.45, 2.75) is 6.42 Å². The fourth-order valence-electron chi connectivity index (χ4n) is 2.64. The van der Waals surface area contributed by atoms with E-state index < -0.39 is 4.92 Å². The van der Waals surface area contributed by atoms with Crippen LogP contribution in [0.5, 0.6) is 0 Å². The van der Waals surface area contributed by atoms with Crippen LogP contribution in [-0.4, -0.2) is 23.1 Å². The van der Waals surface area contributed by atoms with Crippen molar-refractivity contribution in [3.05, 3.63) is 75.8 Å². The highest BCUT2D eigenvalue weighted by Gasteiger charge is 2.24. The van der Waals surface area contributed by atoms with Crippen LogP contribution in [0.15, 0.2) is 60.1 Å². The minimum Gasteiger partial charge on any atom is -0.306 e. The van der Waals surface area contributed by atoms with Crippen LogP contribution >= 0.6 is 11.6 Å². The van der Waals surface area contributed by atoms with Gasteiger partial charge in [-0.25, -0.2) is 0 Å². The van der Waals surface area contributed by atoms with Gasteiger partial charge >= 0.3 is 0 Å². The molecule has 0 radical (unpaired) electrons. The minimum absolute atomic E-state index is 0.00948. The van der Waals surface area contributed by atoms with Gasteiger partial charge < -0.3 is 4.90 Å². The number of carbonyl (C=O) groups excluding carboxylic acids is 1. The van der Waals surface area contributed by atoms with Crippen LogP contribution < -0.4 is 4.90 Å². The molecule has 1 amide bonds. The van der Waals surface area contributed by atoms with Gasteiger partial charge in [0.15, 0.2) is 0 Å². The average Bonchev–Trinajstić information content (AvgIpc) is 2.73. The van der Waals surface area contributed by atoms with Crippen LogP contribution in [-0.2, 0) is 4.79 Å². The Morgan fingerprint density at radius 2 is 2.00 bits per heavy atom. The molecule has 0 atom stereocenters. The molecule has 1 heterocycles. The molecule has 0 fully saturated rings. The Kier molecular flexibility index (Phi) is 4.63. The number of rotatable bonds is 4. The number of fused-ring (bicyclic) bond motifs is 1. The smallest absolute Gasteiger partial charge is 0.269 e. The molecule has 0 aliphatic carbocycles. The number of non-ortho nitro benzene ring substituents is 1. The van der Waals surface area contributed by atoms with Crippen molar-refractivity contribution in [1.82, 2.24) is 0 Å². The highest BCUT2D eigenvalue weighted by atomic mass is 35.5. The number of carbonyl (C=O) groups is 1. The second kappa shape index (κ2) is 6.86. The summed E-state index contributed by atoms with van der Waals surface area (Å²) in [5.41, 5.74) is 2.44. The third-order valence-corrected chi connectivity index (χ3v) is 4.06. The number of nitro groups is 1. The van der Waals surface area contributed by atoms with Gasteiger partial charge in [-0.05, 0) is 35.9 Å². The molecule has 0 spiro atoms. The average molecular weight is 356 g/mol. The molecule has 1 aliphatic heterocycles. The maximum atomic E-state index is 12.7. The molecule has 0 saturated heterocycles. The Morgan fingerprint density at radius 1 is 1.28 bits per heavy atom. The van der Waals surface area contributed by atoms with E-state index in [1.54, 1.807) is 41.3 Å². The third-order valence-electron chi connectivity index (χ3n) is 3.83. The summed E-state index contributed by atoms with van der Waals surface area (Å²) in [7, 11) is 0. The van der Waals surface area contributed by atoms with E-state index in [0.29, 0.717) is 34.2 Å². The van der Waals surface area contributed by atoms with Crippen LogP contribution in [0.4, 0.5) is 17.1 Å². The zero-order valence-electron chi connectivity index (χ0n) is 13.2. The summed E-state index contributed by atoms with van der Waals surface area (Å²) >= 11 is 6.07. The van der Waals surface area contributed by atoms with E-state index in [-0.39, 0.29) is 18.0 Å². The molecule has 0 aromatic heterocycles.